The van der Waals surface area contributed by atoms with Crippen LogP contribution in [-0.4, -0.2) is 24.5 Å². The zero-order valence-corrected chi connectivity index (χ0v) is 17.9. The van der Waals surface area contributed by atoms with Crippen LogP contribution >= 0.6 is 35.3 Å². The first-order chi connectivity index (χ1) is 11.8. The van der Waals surface area contributed by atoms with Crippen molar-refractivity contribution in [3.63, 3.8) is 0 Å². The first-order valence-corrected chi connectivity index (χ1v) is 8.67. The molecule has 2 rings (SSSR count). The van der Waals surface area contributed by atoms with Crippen molar-refractivity contribution in [2.24, 2.45) is 4.99 Å². The lowest BCUT2D eigenvalue weighted by molar-refractivity contribution is -0.137. The Kier molecular flexibility index (Phi) is 8.81. The third-order valence-corrected chi connectivity index (χ3v) is 4.56. The molecule has 0 saturated carbocycles. The molecule has 1 aromatic heterocycles. The SMILES string of the molecule is CN=C(NCCc1ncc(C)s1)NC(C)c1cccc(C(F)(F)F)c1.I. The van der Waals surface area contributed by atoms with Crippen LogP contribution in [0.15, 0.2) is 35.5 Å². The van der Waals surface area contributed by atoms with E-state index in [1.54, 1.807) is 31.4 Å². The number of nitrogens with zero attached hydrogens (tertiary/aromatic N) is 2. The summed E-state index contributed by atoms with van der Waals surface area (Å²) < 4.78 is 38.5. The van der Waals surface area contributed by atoms with E-state index in [0.717, 1.165) is 28.4 Å². The summed E-state index contributed by atoms with van der Waals surface area (Å²) in [7, 11) is 1.63. The van der Waals surface area contributed by atoms with Gasteiger partial charge in [-0.2, -0.15) is 13.2 Å². The predicted octanol–water partition coefficient (Wildman–Crippen LogP) is 4.56. The zero-order chi connectivity index (χ0) is 18.4. The molecule has 1 unspecified atom stereocenters. The Hall–Kier alpha value is -1.36. The first-order valence-electron chi connectivity index (χ1n) is 7.85. The summed E-state index contributed by atoms with van der Waals surface area (Å²) in [6.45, 7) is 4.44. The number of aryl methyl sites for hydroxylation is 1. The van der Waals surface area contributed by atoms with E-state index in [4.69, 9.17) is 0 Å². The fourth-order valence-corrected chi connectivity index (χ4v) is 3.06. The third kappa shape index (κ3) is 6.75. The van der Waals surface area contributed by atoms with Crippen LogP contribution in [0.4, 0.5) is 13.2 Å². The van der Waals surface area contributed by atoms with E-state index in [1.807, 2.05) is 13.1 Å². The molecule has 0 radical (unpaired) electrons. The van der Waals surface area contributed by atoms with Gasteiger partial charge in [0.25, 0.3) is 0 Å². The fraction of sp³-hybridized carbons (Fsp3) is 0.412. The van der Waals surface area contributed by atoms with Gasteiger partial charge in [-0.1, -0.05) is 12.1 Å². The smallest absolute Gasteiger partial charge is 0.356 e. The van der Waals surface area contributed by atoms with Crippen LogP contribution in [-0.2, 0) is 12.6 Å². The molecule has 0 aliphatic heterocycles. The van der Waals surface area contributed by atoms with E-state index in [-0.39, 0.29) is 30.0 Å². The zero-order valence-electron chi connectivity index (χ0n) is 14.7. The summed E-state index contributed by atoms with van der Waals surface area (Å²) >= 11 is 1.64. The van der Waals surface area contributed by atoms with Crippen LogP contribution in [0.1, 0.15) is 34.0 Å². The van der Waals surface area contributed by atoms with E-state index in [1.165, 1.54) is 6.07 Å². The summed E-state index contributed by atoms with van der Waals surface area (Å²) in [4.78, 5) is 9.57. The van der Waals surface area contributed by atoms with Gasteiger partial charge in [-0.3, -0.25) is 4.99 Å². The minimum atomic E-state index is -4.35. The number of aliphatic imine (C=N–C) groups is 1. The van der Waals surface area contributed by atoms with E-state index in [0.29, 0.717) is 18.1 Å². The van der Waals surface area contributed by atoms with Gasteiger partial charge in [0.2, 0.25) is 0 Å². The Morgan fingerprint density at radius 3 is 2.65 bits per heavy atom. The van der Waals surface area contributed by atoms with Crippen molar-refractivity contribution >= 4 is 41.3 Å². The lowest BCUT2D eigenvalue weighted by atomic mass is 10.1. The van der Waals surface area contributed by atoms with Gasteiger partial charge < -0.3 is 10.6 Å². The Bertz CT molecular complexity index is 731. The normalized spacial score (nSPS) is 13.1. The van der Waals surface area contributed by atoms with E-state index >= 15 is 0 Å². The number of hydrogen-bond donors (Lipinski definition) is 2. The molecule has 1 atom stereocenters. The largest absolute Gasteiger partial charge is 0.416 e. The quantitative estimate of drug-likeness (QED) is 0.361. The number of aromatic nitrogens is 1. The molecule has 26 heavy (non-hydrogen) atoms. The van der Waals surface area contributed by atoms with Crippen molar-refractivity contribution < 1.29 is 13.2 Å². The Labute approximate surface area is 172 Å². The maximum absolute atomic E-state index is 12.8. The molecular formula is C17H22F3IN4S. The Morgan fingerprint density at radius 1 is 1.35 bits per heavy atom. The standard InChI is InChI=1S/C17H21F3N4S.HI/c1-11-10-23-15(25-11)7-8-22-16(21-3)24-12(2)13-5-4-6-14(9-13)17(18,19)20;/h4-6,9-10,12H,7-8H2,1-3H3,(H2,21,22,24);1H. The Morgan fingerprint density at radius 2 is 2.08 bits per heavy atom. The van der Waals surface area contributed by atoms with Gasteiger partial charge in [-0.05, 0) is 31.5 Å². The van der Waals surface area contributed by atoms with Crippen LogP contribution in [0, 0.1) is 6.92 Å². The maximum Gasteiger partial charge on any atom is 0.416 e. The number of hydrogen-bond acceptors (Lipinski definition) is 3. The van der Waals surface area contributed by atoms with Gasteiger partial charge in [0.15, 0.2) is 5.96 Å². The summed E-state index contributed by atoms with van der Waals surface area (Å²) in [5, 5.41) is 7.30. The highest BCUT2D eigenvalue weighted by Gasteiger charge is 2.30. The molecular weight excluding hydrogens is 476 g/mol. The van der Waals surface area contributed by atoms with Gasteiger partial charge in [0.05, 0.1) is 16.6 Å². The first kappa shape index (κ1) is 22.7. The van der Waals surface area contributed by atoms with Crippen molar-refractivity contribution in [1.82, 2.24) is 15.6 Å². The molecule has 1 aromatic carbocycles. The van der Waals surface area contributed by atoms with Crippen molar-refractivity contribution in [3.8, 4) is 0 Å². The summed E-state index contributed by atoms with van der Waals surface area (Å²) in [6, 6.07) is 4.99. The van der Waals surface area contributed by atoms with Crippen molar-refractivity contribution in [1.29, 1.82) is 0 Å². The molecule has 0 amide bonds. The van der Waals surface area contributed by atoms with Gasteiger partial charge in [0, 0.05) is 31.1 Å². The lowest BCUT2D eigenvalue weighted by Gasteiger charge is -2.19. The Balaban J connectivity index is 0.00000338. The number of nitrogens with one attached hydrogen (secondary N) is 2. The molecule has 2 N–H and O–H groups in total. The molecule has 0 saturated heterocycles. The van der Waals surface area contributed by atoms with E-state index in [9.17, 15) is 13.2 Å². The second kappa shape index (κ2) is 10.1. The molecule has 9 heteroatoms. The van der Waals surface area contributed by atoms with E-state index < -0.39 is 11.7 Å². The fourth-order valence-electron chi connectivity index (χ4n) is 2.27. The monoisotopic (exact) mass is 498 g/mol. The van der Waals surface area contributed by atoms with Gasteiger partial charge in [0.1, 0.15) is 0 Å². The van der Waals surface area contributed by atoms with Crippen molar-refractivity contribution in [2.75, 3.05) is 13.6 Å². The van der Waals surface area contributed by atoms with Crippen molar-refractivity contribution in [3.05, 3.63) is 51.5 Å². The molecule has 4 nitrogen and oxygen atoms in total. The van der Waals surface area contributed by atoms with Crippen LogP contribution in [0.25, 0.3) is 0 Å². The average molecular weight is 498 g/mol. The van der Waals surface area contributed by atoms with Gasteiger partial charge in [-0.15, -0.1) is 35.3 Å². The second-order valence-electron chi connectivity index (χ2n) is 5.60. The highest BCUT2D eigenvalue weighted by molar-refractivity contribution is 14.0. The highest BCUT2D eigenvalue weighted by atomic mass is 127. The van der Waals surface area contributed by atoms with Gasteiger partial charge in [-0.25, -0.2) is 4.98 Å². The molecule has 144 valence electrons. The lowest BCUT2D eigenvalue weighted by Crippen LogP contribution is -2.39. The summed E-state index contributed by atoms with van der Waals surface area (Å²) in [5.74, 6) is 0.540. The van der Waals surface area contributed by atoms with Crippen molar-refractivity contribution in [2.45, 2.75) is 32.5 Å². The van der Waals surface area contributed by atoms with Crippen LogP contribution < -0.4 is 10.6 Å². The summed E-state index contributed by atoms with van der Waals surface area (Å²) in [6.07, 6.45) is -1.75. The van der Waals surface area contributed by atoms with Crippen LogP contribution in [0.2, 0.25) is 0 Å². The van der Waals surface area contributed by atoms with Gasteiger partial charge >= 0.3 is 6.18 Å². The van der Waals surface area contributed by atoms with E-state index in [2.05, 4.69) is 20.6 Å². The number of alkyl halides is 3. The molecule has 0 aliphatic carbocycles. The summed E-state index contributed by atoms with van der Waals surface area (Å²) in [5.41, 5.74) is -0.103. The number of guanidine groups is 1. The molecule has 0 fully saturated rings. The number of halogens is 4. The number of rotatable bonds is 5. The predicted molar refractivity (Wildman–Crippen MR) is 110 cm³/mol. The minimum absolute atomic E-state index is 0. The maximum atomic E-state index is 12.8. The molecule has 0 spiro atoms. The topological polar surface area (TPSA) is 49.3 Å². The van der Waals surface area contributed by atoms with Crippen LogP contribution in [0.3, 0.4) is 0 Å². The van der Waals surface area contributed by atoms with Crippen LogP contribution in [0.5, 0.6) is 0 Å². The molecule has 1 heterocycles. The second-order valence-corrected chi connectivity index (χ2v) is 6.92. The molecule has 0 aliphatic rings. The minimum Gasteiger partial charge on any atom is -0.356 e. The highest BCUT2D eigenvalue weighted by Crippen LogP contribution is 2.30. The molecule has 0 bridgehead atoms. The third-order valence-electron chi connectivity index (χ3n) is 3.59. The molecule has 2 aromatic rings. The average Bonchev–Trinajstić information content (AvgIpc) is 2.98. The number of benzene rings is 1. The number of thiazole rings is 1.